The first-order valence-corrected chi connectivity index (χ1v) is 4.23. The van der Waals surface area contributed by atoms with Gasteiger partial charge in [-0.25, -0.2) is 0 Å². The molecule has 2 atom stereocenters. The second kappa shape index (κ2) is 4.39. The monoisotopic (exact) mass is 204 g/mol. The van der Waals surface area contributed by atoms with Crippen molar-refractivity contribution in [1.29, 1.82) is 0 Å². The lowest BCUT2D eigenvalue weighted by molar-refractivity contribution is -0.871. The highest BCUT2D eigenvalue weighted by molar-refractivity contribution is 5.96. The number of carbonyl (C=O) groups excluding carboxylic acids is 1. The summed E-state index contributed by atoms with van der Waals surface area (Å²) in [7, 11) is 5.58. The van der Waals surface area contributed by atoms with Crippen LogP contribution in [0.5, 0.6) is 0 Å². The van der Waals surface area contributed by atoms with Gasteiger partial charge in [0.1, 0.15) is 0 Å². The van der Waals surface area contributed by atoms with Gasteiger partial charge in [-0.1, -0.05) is 0 Å². The normalized spacial score (nSPS) is 16.0. The van der Waals surface area contributed by atoms with Gasteiger partial charge < -0.3 is 21.1 Å². The fraction of sp³-hybridized carbons (Fsp3) is 0.750. The molecule has 0 bridgehead atoms. The van der Waals surface area contributed by atoms with Gasteiger partial charge >= 0.3 is 5.97 Å². The van der Waals surface area contributed by atoms with Crippen molar-refractivity contribution in [2.45, 2.75) is 6.04 Å². The molecule has 0 spiro atoms. The molecule has 2 unspecified atom stereocenters. The van der Waals surface area contributed by atoms with E-state index in [2.05, 4.69) is 0 Å². The van der Waals surface area contributed by atoms with E-state index >= 15 is 0 Å². The molecule has 0 aliphatic heterocycles. The molecule has 0 aromatic rings. The van der Waals surface area contributed by atoms with Crippen LogP contribution in [0, 0.1) is 5.92 Å². The first-order valence-electron chi connectivity index (χ1n) is 4.23. The number of carbonyl (C=O) groups is 2. The number of quaternary nitrogens is 1. The molecule has 6 nitrogen and oxygen atoms in total. The van der Waals surface area contributed by atoms with E-state index in [0.717, 1.165) is 0 Å². The van der Waals surface area contributed by atoms with E-state index in [4.69, 9.17) is 16.6 Å². The summed E-state index contributed by atoms with van der Waals surface area (Å²) in [6.07, 6.45) is 0. The number of amides is 1. The van der Waals surface area contributed by atoms with Gasteiger partial charge in [0.2, 0.25) is 5.91 Å². The average Bonchev–Trinajstić information content (AvgIpc) is 1.78. The van der Waals surface area contributed by atoms with E-state index in [0.29, 0.717) is 11.0 Å². The molecule has 5 N–H and O–H groups in total. The zero-order valence-electron chi connectivity index (χ0n) is 8.73. The zero-order valence-corrected chi connectivity index (χ0v) is 8.73. The molecule has 0 aliphatic rings. The van der Waals surface area contributed by atoms with Gasteiger partial charge in [0, 0.05) is 0 Å². The first-order chi connectivity index (χ1) is 6.15. The smallest absolute Gasteiger partial charge is 0.317 e. The van der Waals surface area contributed by atoms with E-state index < -0.39 is 23.8 Å². The van der Waals surface area contributed by atoms with Gasteiger partial charge in [-0.05, 0) is 0 Å². The average molecular weight is 204 g/mol. The van der Waals surface area contributed by atoms with E-state index in [9.17, 15) is 9.59 Å². The standard InChI is InChI=1S/C8H17N3O3/c1-11(2,3)4-5(9)6(7(10)12)8(13)14/h5-6H,4,9H2,1-3H3,(H2-,10,12,13,14)/p+1. The molecule has 1 amide bonds. The van der Waals surface area contributed by atoms with Crippen molar-refractivity contribution >= 4 is 11.9 Å². The molecule has 0 aromatic carbocycles. The Bertz CT molecular complexity index is 220. The molecule has 0 heterocycles. The van der Waals surface area contributed by atoms with Crippen LogP contribution in [0.4, 0.5) is 0 Å². The van der Waals surface area contributed by atoms with E-state index in [1.807, 2.05) is 21.1 Å². The topological polar surface area (TPSA) is 106 Å². The minimum Gasteiger partial charge on any atom is -0.481 e. The van der Waals surface area contributed by atoms with Crippen LogP contribution in [0.1, 0.15) is 0 Å². The van der Waals surface area contributed by atoms with Crippen LogP contribution in [-0.2, 0) is 9.59 Å². The third kappa shape index (κ3) is 4.20. The summed E-state index contributed by atoms with van der Waals surface area (Å²) in [6, 6.07) is -0.759. The van der Waals surface area contributed by atoms with Gasteiger partial charge in [0.05, 0.1) is 33.7 Å². The Hall–Kier alpha value is -1.14. The Morgan fingerprint density at radius 1 is 1.36 bits per heavy atom. The lowest BCUT2D eigenvalue weighted by atomic mass is 9.99. The maximum atomic E-state index is 10.8. The van der Waals surface area contributed by atoms with Crippen LogP contribution in [0.25, 0.3) is 0 Å². The predicted octanol–water partition coefficient (Wildman–Crippen LogP) is -1.79. The van der Waals surface area contributed by atoms with Crippen molar-refractivity contribution < 1.29 is 19.2 Å². The number of aliphatic carboxylic acids is 1. The van der Waals surface area contributed by atoms with Crippen molar-refractivity contribution in [1.82, 2.24) is 0 Å². The number of rotatable bonds is 5. The summed E-state index contributed by atoms with van der Waals surface area (Å²) in [6.45, 7) is 0.375. The number of nitrogens with two attached hydrogens (primary N) is 2. The van der Waals surface area contributed by atoms with Gasteiger partial charge in [-0.3, -0.25) is 9.59 Å². The molecular formula is C8H18N3O3+. The zero-order chi connectivity index (χ0) is 11.5. The number of primary amides is 1. The van der Waals surface area contributed by atoms with E-state index in [1.165, 1.54) is 0 Å². The second-order valence-corrected chi connectivity index (χ2v) is 4.36. The van der Waals surface area contributed by atoms with Crippen LogP contribution in [0.2, 0.25) is 0 Å². The molecule has 82 valence electrons. The van der Waals surface area contributed by atoms with Gasteiger partial charge in [-0.2, -0.15) is 0 Å². The Balaban J connectivity index is 4.54. The van der Waals surface area contributed by atoms with Crippen LogP contribution in [0.3, 0.4) is 0 Å². The second-order valence-electron chi connectivity index (χ2n) is 4.36. The Morgan fingerprint density at radius 3 is 2.00 bits per heavy atom. The Labute approximate surface area is 83.1 Å². The van der Waals surface area contributed by atoms with Crippen molar-refractivity contribution in [3.63, 3.8) is 0 Å². The number of nitrogens with zero attached hydrogens (tertiary/aromatic N) is 1. The molecule has 0 aliphatic carbocycles. The number of likely N-dealkylation sites (N-methyl/N-ethyl adjacent to an activating group) is 1. The van der Waals surface area contributed by atoms with Gasteiger partial charge in [-0.15, -0.1) is 0 Å². The van der Waals surface area contributed by atoms with Gasteiger partial charge in [0.15, 0.2) is 5.92 Å². The fourth-order valence-corrected chi connectivity index (χ4v) is 1.25. The number of hydrogen-bond acceptors (Lipinski definition) is 3. The van der Waals surface area contributed by atoms with E-state index in [-0.39, 0.29) is 0 Å². The molecule has 0 radical (unpaired) electrons. The summed E-state index contributed by atoms with van der Waals surface area (Å²) in [5.74, 6) is -3.47. The molecule has 0 saturated carbocycles. The summed E-state index contributed by atoms with van der Waals surface area (Å²) >= 11 is 0. The maximum absolute atomic E-state index is 10.8. The lowest BCUT2D eigenvalue weighted by Crippen LogP contribution is -2.53. The lowest BCUT2D eigenvalue weighted by Gasteiger charge is -2.28. The van der Waals surface area contributed by atoms with Crippen molar-refractivity contribution in [3.8, 4) is 0 Å². The first kappa shape index (κ1) is 12.9. The third-order valence-electron chi connectivity index (χ3n) is 1.76. The third-order valence-corrected chi connectivity index (χ3v) is 1.76. The quantitative estimate of drug-likeness (QED) is 0.363. The molecule has 0 saturated heterocycles. The molecular weight excluding hydrogens is 186 g/mol. The number of carboxylic acids is 1. The highest BCUT2D eigenvalue weighted by Gasteiger charge is 2.33. The van der Waals surface area contributed by atoms with Crippen LogP contribution >= 0.6 is 0 Å². The fourth-order valence-electron chi connectivity index (χ4n) is 1.25. The molecule has 0 rings (SSSR count). The van der Waals surface area contributed by atoms with Crippen molar-refractivity contribution in [2.75, 3.05) is 27.7 Å². The number of carboxylic acid groups (broad SMARTS) is 1. The summed E-state index contributed by atoms with van der Waals surface area (Å²) in [4.78, 5) is 21.5. The van der Waals surface area contributed by atoms with Crippen molar-refractivity contribution in [3.05, 3.63) is 0 Å². The van der Waals surface area contributed by atoms with Crippen LogP contribution in [0.15, 0.2) is 0 Å². The summed E-state index contributed by atoms with van der Waals surface area (Å²) < 4.78 is 0.484. The molecule has 14 heavy (non-hydrogen) atoms. The Kier molecular flexibility index (Phi) is 4.03. The molecule has 0 aromatic heterocycles. The van der Waals surface area contributed by atoms with Crippen molar-refractivity contribution in [2.24, 2.45) is 17.4 Å². The summed E-state index contributed by atoms with van der Waals surface area (Å²) in [5, 5.41) is 8.72. The number of hydrogen-bond donors (Lipinski definition) is 3. The minimum absolute atomic E-state index is 0.375. The molecule has 6 heteroatoms. The van der Waals surface area contributed by atoms with Crippen LogP contribution in [-0.4, -0.2) is 55.2 Å². The Morgan fingerprint density at radius 2 is 1.79 bits per heavy atom. The predicted molar refractivity (Wildman–Crippen MR) is 51.2 cm³/mol. The summed E-state index contributed by atoms with van der Waals surface area (Å²) in [5.41, 5.74) is 10.6. The molecule has 0 fully saturated rings. The minimum atomic E-state index is -1.31. The maximum Gasteiger partial charge on any atom is 0.317 e. The highest BCUT2D eigenvalue weighted by Crippen LogP contribution is 2.05. The van der Waals surface area contributed by atoms with Crippen LogP contribution < -0.4 is 11.5 Å². The largest absolute Gasteiger partial charge is 0.481 e. The van der Waals surface area contributed by atoms with E-state index in [1.54, 1.807) is 0 Å². The highest BCUT2D eigenvalue weighted by atomic mass is 16.4. The van der Waals surface area contributed by atoms with Gasteiger partial charge in [0.25, 0.3) is 0 Å². The SMILES string of the molecule is C[N+](C)(C)CC(N)C(C(N)=O)C(=O)O.